The number of carbonyl (C=O) groups excluding carboxylic acids is 1. The maximum atomic E-state index is 12.5. The van der Waals surface area contributed by atoms with E-state index in [4.69, 9.17) is 16.3 Å². The number of rotatable bonds is 6. The standard InChI is InChI=1S/C20H22ClN5O2S/c1-2-28-15-4-5-16-17(11-15)29-20(23-16)24-19(27)13-25-7-9-26(10-8-25)18-6-3-14(21)12-22-18/h3-6,11-12H,2,7-10,13H2,1H3,(H,23,24,27). The van der Waals surface area contributed by atoms with Gasteiger partial charge in [0.15, 0.2) is 5.13 Å². The number of nitrogens with zero attached hydrogens (tertiary/aromatic N) is 4. The number of benzene rings is 1. The van der Waals surface area contributed by atoms with Gasteiger partial charge in [-0.05, 0) is 37.3 Å². The maximum Gasteiger partial charge on any atom is 0.240 e. The molecule has 1 fully saturated rings. The van der Waals surface area contributed by atoms with E-state index in [9.17, 15) is 4.79 Å². The fourth-order valence-electron chi connectivity index (χ4n) is 3.27. The second-order valence-corrected chi connectivity index (χ2v) is 8.19. The minimum atomic E-state index is -0.0489. The molecule has 0 bridgehead atoms. The van der Waals surface area contributed by atoms with Crippen molar-refractivity contribution in [2.75, 3.05) is 49.5 Å². The summed E-state index contributed by atoms with van der Waals surface area (Å²) in [6.45, 7) is 6.17. The summed E-state index contributed by atoms with van der Waals surface area (Å²) in [6.07, 6.45) is 1.66. The summed E-state index contributed by atoms with van der Waals surface area (Å²) in [7, 11) is 0. The summed E-state index contributed by atoms with van der Waals surface area (Å²) in [6, 6.07) is 9.53. The number of nitrogens with one attached hydrogen (secondary N) is 1. The van der Waals surface area contributed by atoms with Crippen molar-refractivity contribution in [1.82, 2.24) is 14.9 Å². The van der Waals surface area contributed by atoms with E-state index in [2.05, 4.69) is 25.1 Å². The third-order valence-electron chi connectivity index (χ3n) is 4.69. The molecule has 3 aromatic rings. The van der Waals surface area contributed by atoms with Gasteiger partial charge in [0.25, 0.3) is 0 Å². The number of aromatic nitrogens is 2. The molecule has 1 amide bonds. The Balaban J connectivity index is 1.30. The van der Waals surface area contributed by atoms with Gasteiger partial charge in [0.05, 0.1) is 28.4 Å². The molecule has 0 aliphatic carbocycles. The molecule has 1 aromatic carbocycles. The number of thiazole rings is 1. The SMILES string of the molecule is CCOc1ccc2nc(NC(=O)CN3CCN(c4ccc(Cl)cn4)CC3)sc2c1. The van der Waals surface area contributed by atoms with Gasteiger partial charge in [-0.2, -0.15) is 0 Å². The lowest BCUT2D eigenvalue weighted by molar-refractivity contribution is -0.117. The summed E-state index contributed by atoms with van der Waals surface area (Å²) in [5.41, 5.74) is 0.859. The number of pyridine rings is 1. The highest BCUT2D eigenvalue weighted by Gasteiger charge is 2.20. The van der Waals surface area contributed by atoms with Crippen LogP contribution in [0.1, 0.15) is 6.92 Å². The first-order valence-electron chi connectivity index (χ1n) is 9.53. The molecule has 3 heterocycles. The Hall–Kier alpha value is -2.42. The molecule has 7 nitrogen and oxygen atoms in total. The van der Waals surface area contributed by atoms with Crippen molar-refractivity contribution in [3.05, 3.63) is 41.6 Å². The molecule has 4 rings (SSSR count). The van der Waals surface area contributed by atoms with Crippen LogP contribution in [0, 0.1) is 0 Å². The predicted molar refractivity (Wildman–Crippen MR) is 117 cm³/mol. The summed E-state index contributed by atoms with van der Waals surface area (Å²) in [5.74, 6) is 1.68. The van der Waals surface area contributed by atoms with Crippen molar-refractivity contribution >= 4 is 50.0 Å². The number of hydrogen-bond donors (Lipinski definition) is 1. The minimum absolute atomic E-state index is 0.0489. The van der Waals surface area contributed by atoms with Crippen LogP contribution in [0.5, 0.6) is 5.75 Å². The van der Waals surface area contributed by atoms with Gasteiger partial charge in [-0.25, -0.2) is 9.97 Å². The average Bonchev–Trinajstić information content (AvgIpc) is 3.11. The molecular formula is C20H22ClN5O2S. The van der Waals surface area contributed by atoms with Gasteiger partial charge in [0.1, 0.15) is 11.6 Å². The third kappa shape index (κ3) is 4.95. The second kappa shape index (κ2) is 8.94. The van der Waals surface area contributed by atoms with Crippen LogP contribution in [-0.4, -0.2) is 60.1 Å². The fourth-order valence-corrected chi connectivity index (χ4v) is 4.29. The lowest BCUT2D eigenvalue weighted by atomic mass is 10.3. The van der Waals surface area contributed by atoms with E-state index in [0.717, 1.165) is 48.0 Å². The highest BCUT2D eigenvalue weighted by molar-refractivity contribution is 7.22. The van der Waals surface area contributed by atoms with E-state index >= 15 is 0 Å². The first-order chi connectivity index (χ1) is 14.1. The van der Waals surface area contributed by atoms with Crippen LogP contribution in [0.3, 0.4) is 0 Å². The molecule has 2 aromatic heterocycles. The quantitative estimate of drug-likeness (QED) is 0.644. The topological polar surface area (TPSA) is 70.6 Å². The molecular weight excluding hydrogens is 410 g/mol. The zero-order valence-corrected chi connectivity index (χ0v) is 17.7. The van der Waals surface area contributed by atoms with Crippen LogP contribution >= 0.6 is 22.9 Å². The number of anilines is 2. The molecule has 0 spiro atoms. The van der Waals surface area contributed by atoms with Gasteiger partial charge in [-0.15, -0.1) is 0 Å². The van der Waals surface area contributed by atoms with E-state index < -0.39 is 0 Å². The van der Waals surface area contributed by atoms with Crippen LogP contribution < -0.4 is 15.0 Å². The number of fused-ring (bicyclic) bond motifs is 1. The Kier molecular flexibility index (Phi) is 6.13. The highest BCUT2D eigenvalue weighted by atomic mass is 35.5. The van der Waals surface area contributed by atoms with Crippen LogP contribution in [0.4, 0.5) is 10.9 Å². The maximum absolute atomic E-state index is 12.5. The number of hydrogen-bond acceptors (Lipinski definition) is 7. The number of carbonyl (C=O) groups is 1. The largest absolute Gasteiger partial charge is 0.494 e. The Morgan fingerprint density at radius 1 is 1.24 bits per heavy atom. The number of piperazine rings is 1. The molecule has 9 heteroatoms. The number of halogens is 1. The highest BCUT2D eigenvalue weighted by Crippen LogP contribution is 2.29. The first kappa shape index (κ1) is 19.9. The molecule has 0 atom stereocenters. The van der Waals surface area contributed by atoms with Gasteiger partial charge in [-0.1, -0.05) is 22.9 Å². The first-order valence-corrected chi connectivity index (χ1v) is 10.7. The van der Waals surface area contributed by atoms with Crippen LogP contribution in [-0.2, 0) is 4.79 Å². The van der Waals surface area contributed by atoms with E-state index in [1.165, 1.54) is 11.3 Å². The van der Waals surface area contributed by atoms with Crippen molar-refractivity contribution < 1.29 is 9.53 Å². The summed E-state index contributed by atoms with van der Waals surface area (Å²) >= 11 is 7.36. The lowest BCUT2D eigenvalue weighted by Crippen LogP contribution is -2.48. The van der Waals surface area contributed by atoms with Gasteiger partial charge in [0.2, 0.25) is 5.91 Å². The molecule has 1 saturated heterocycles. The molecule has 0 saturated carbocycles. The summed E-state index contributed by atoms with van der Waals surface area (Å²) in [4.78, 5) is 25.7. The second-order valence-electron chi connectivity index (χ2n) is 6.73. The van der Waals surface area contributed by atoms with Crippen molar-refractivity contribution in [1.29, 1.82) is 0 Å². The van der Waals surface area contributed by atoms with E-state index in [0.29, 0.717) is 23.3 Å². The Morgan fingerprint density at radius 2 is 2.07 bits per heavy atom. The smallest absolute Gasteiger partial charge is 0.240 e. The Labute approximate surface area is 178 Å². The zero-order valence-electron chi connectivity index (χ0n) is 16.1. The Morgan fingerprint density at radius 3 is 2.79 bits per heavy atom. The van der Waals surface area contributed by atoms with Crippen molar-refractivity contribution in [3.63, 3.8) is 0 Å². The number of ether oxygens (including phenoxy) is 1. The molecule has 1 N–H and O–H groups in total. The summed E-state index contributed by atoms with van der Waals surface area (Å²) < 4.78 is 6.52. The third-order valence-corrected chi connectivity index (χ3v) is 5.85. The van der Waals surface area contributed by atoms with Crippen molar-refractivity contribution in [2.24, 2.45) is 0 Å². The van der Waals surface area contributed by atoms with E-state index in [1.807, 2.05) is 37.3 Å². The van der Waals surface area contributed by atoms with Gasteiger partial charge in [-0.3, -0.25) is 9.69 Å². The van der Waals surface area contributed by atoms with Crippen LogP contribution in [0.15, 0.2) is 36.5 Å². The van der Waals surface area contributed by atoms with E-state index in [1.54, 1.807) is 6.20 Å². The van der Waals surface area contributed by atoms with Crippen molar-refractivity contribution in [2.45, 2.75) is 6.92 Å². The van der Waals surface area contributed by atoms with Gasteiger partial charge >= 0.3 is 0 Å². The normalized spacial score (nSPS) is 14.9. The van der Waals surface area contributed by atoms with E-state index in [-0.39, 0.29) is 5.91 Å². The van der Waals surface area contributed by atoms with Crippen molar-refractivity contribution in [3.8, 4) is 5.75 Å². The molecule has 1 aliphatic rings. The molecule has 1 aliphatic heterocycles. The molecule has 0 radical (unpaired) electrons. The van der Waals surface area contributed by atoms with Crippen LogP contribution in [0.2, 0.25) is 5.02 Å². The molecule has 152 valence electrons. The lowest BCUT2D eigenvalue weighted by Gasteiger charge is -2.34. The van der Waals surface area contributed by atoms with Gasteiger partial charge < -0.3 is 15.0 Å². The molecule has 0 unspecified atom stereocenters. The monoisotopic (exact) mass is 431 g/mol. The average molecular weight is 432 g/mol. The number of amides is 1. The van der Waals surface area contributed by atoms with Gasteiger partial charge in [0, 0.05) is 32.4 Å². The fraction of sp³-hybridized carbons (Fsp3) is 0.350. The zero-order chi connectivity index (χ0) is 20.2. The Bertz CT molecular complexity index is 986. The summed E-state index contributed by atoms with van der Waals surface area (Å²) in [5, 5.41) is 4.17. The molecule has 29 heavy (non-hydrogen) atoms. The van der Waals surface area contributed by atoms with Crippen LogP contribution in [0.25, 0.3) is 10.2 Å². The predicted octanol–water partition coefficient (Wildman–Crippen LogP) is 3.50. The minimum Gasteiger partial charge on any atom is -0.494 e.